The fourth-order valence-corrected chi connectivity index (χ4v) is 1.69. The SMILES string of the molecule is COc1ccc(Cl)cc1NC(=O)CN(C)C(C)C(=O)O. The van der Waals surface area contributed by atoms with E-state index in [-0.39, 0.29) is 12.5 Å². The van der Waals surface area contributed by atoms with E-state index in [0.717, 1.165) is 0 Å². The summed E-state index contributed by atoms with van der Waals surface area (Å²) in [5, 5.41) is 12.0. The smallest absolute Gasteiger partial charge is 0.320 e. The second-order valence-corrected chi connectivity index (χ2v) is 4.76. The summed E-state index contributed by atoms with van der Waals surface area (Å²) in [5.41, 5.74) is 0.446. The maximum Gasteiger partial charge on any atom is 0.320 e. The first-order chi connectivity index (χ1) is 9.35. The number of anilines is 1. The average molecular weight is 301 g/mol. The van der Waals surface area contributed by atoms with Gasteiger partial charge in [0.05, 0.1) is 19.3 Å². The zero-order valence-corrected chi connectivity index (χ0v) is 12.3. The molecule has 0 radical (unpaired) electrons. The van der Waals surface area contributed by atoms with E-state index in [9.17, 15) is 9.59 Å². The van der Waals surface area contributed by atoms with Gasteiger partial charge in [0.2, 0.25) is 5.91 Å². The maximum absolute atomic E-state index is 11.9. The van der Waals surface area contributed by atoms with Gasteiger partial charge in [0, 0.05) is 5.02 Å². The zero-order chi connectivity index (χ0) is 15.3. The normalized spacial score (nSPS) is 12.1. The molecule has 0 fully saturated rings. The van der Waals surface area contributed by atoms with Crippen molar-refractivity contribution in [2.75, 3.05) is 26.0 Å². The van der Waals surface area contributed by atoms with Crippen LogP contribution in [0.3, 0.4) is 0 Å². The molecule has 0 bridgehead atoms. The van der Waals surface area contributed by atoms with Crippen LogP contribution in [-0.2, 0) is 9.59 Å². The van der Waals surface area contributed by atoms with E-state index in [4.69, 9.17) is 21.4 Å². The molecule has 20 heavy (non-hydrogen) atoms. The number of ether oxygens (including phenoxy) is 1. The molecule has 0 heterocycles. The van der Waals surface area contributed by atoms with E-state index in [1.807, 2.05) is 0 Å². The quantitative estimate of drug-likeness (QED) is 0.836. The number of aliphatic carboxylic acids is 1. The minimum Gasteiger partial charge on any atom is -0.495 e. The van der Waals surface area contributed by atoms with Crippen molar-refractivity contribution in [2.45, 2.75) is 13.0 Å². The highest BCUT2D eigenvalue weighted by atomic mass is 35.5. The summed E-state index contributed by atoms with van der Waals surface area (Å²) in [5.74, 6) is -0.849. The summed E-state index contributed by atoms with van der Waals surface area (Å²) < 4.78 is 5.11. The van der Waals surface area contributed by atoms with Gasteiger partial charge in [-0.05, 0) is 32.2 Å². The molecule has 110 valence electrons. The standard InChI is InChI=1S/C13H17ClN2O4/c1-8(13(18)19)16(2)7-12(17)15-10-6-9(14)4-5-11(10)20-3/h4-6,8H,7H2,1-3H3,(H,15,17)(H,18,19). The summed E-state index contributed by atoms with van der Waals surface area (Å²) in [6.07, 6.45) is 0. The van der Waals surface area contributed by atoms with Gasteiger partial charge < -0.3 is 15.2 Å². The zero-order valence-electron chi connectivity index (χ0n) is 11.5. The molecule has 0 saturated heterocycles. The Labute approximate surface area is 122 Å². The molecule has 0 aliphatic carbocycles. The first-order valence-electron chi connectivity index (χ1n) is 5.91. The molecule has 7 heteroatoms. The Morgan fingerprint density at radius 2 is 2.15 bits per heavy atom. The van der Waals surface area contributed by atoms with E-state index in [0.29, 0.717) is 16.5 Å². The lowest BCUT2D eigenvalue weighted by molar-refractivity contribution is -0.142. The van der Waals surface area contributed by atoms with Gasteiger partial charge in [-0.25, -0.2) is 0 Å². The second-order valence-electron chi connectivity index (χ2n) is 4.32. The molecule has 2 N–H and O–H groups in total. The number of hydrogen-bond donors (Lipinski definition) is 2. The predicted molar refractivity (Wildman–Crippen MR) is 76.4 cm³/mol. The number of amides is 1. The number of benzene rings is 1. The highest BCUT2D eigenvalue weighted by molar-refractivity contribution is 6.31. The number of nitrogens with zero attached hydrogens (tertiary/aromatic N) is 1. The first kappa shape index (κ1) is 16.3. The van der Waals surface area contributed by atoms with Crippen LogP contribution in [0.5, 0.6) is 5.75 Å². The fraction of sp³-hybridized carbons (Fsp3) is 0.385. The van der Waals surface area contributed by atoms with Crippen molar-refractivity contribution in [2.24, 2.45) is 0 Å². The molecule has 1 rings (SSSR count). The van der Waals surface area contributed by atoms with E-state index in [2.05, 4.69) is 5.32 Å². The van der Waals surface area contributed by atoms with Crippen LogP contribution in [0, 0.1) is 0 Å². The Morgan fingerprint density at radius 1 is 1.50 bits per heavy atom. The first-order valence-corrected chi connectivity index (χ1v) is 6.29. The number of carbonyl (C=O) groups excluding carboxylic acids is 1. The van der Waals surface area contributed by atoms with Crippen molar-refractivity contribution in [3.05, 3.63) is 23.2 Å². The molecule has 1 unspecified atom stereocenters. The summed E-state index contributed by atoms with van der Waals surface area (Å²) in [4.78, 5) is 24.1. The minimum atomic E-state index is -0.986. The third-order valence-electron chi connectivity index (χ3n) is 2.85. The van der Waals surface area contributed by atoms with Crippen molar-refractivity contribution < 1.29 is 19.4 Å². The Hall–Kier alpha value is -1.79. The van der Waals surface area contributed by atoms with Crippen molar-refractivity contribution in [3.63, 3.8) is 0 Å². The van der Waals surface area contributed by atoms with Gasteiger partial charge in [0.1, 0.15) is 11.8 Å². The maximum atomic E-state index is 11.9. The molecule has 0 aliphatic rings. The molecular weight excluding hydrogens is 284 g/mol. The molecule has 0 aliphatic heterocycles. The summed E-state index contributed by atoms with van der Waals surface area (Å²) in [6.45, 7) is 1.46. The number of hydrogen-bond acceptors (Lipinski definition) is 4. The van der Waals surface area contributed by atoms with Crippen LogP contribution >= 0.6 is 11.6 Å². The monoisotopic (exact) mass is 300 g/mol. The Kier molecular flexibility index (Phi) is 5.79. The van der Waals surface area contributed by atoms with Crippen molar-refractivity contribution in [1.82, 2.24) is 4.90 Å². The third-order valence-corrected chi connectivity index (χ3v) is 3.08. The second kappa shape index (κ2) is 7.12. The Morgan fingerprint density at radius 3 is 2.70 bits per heavy atom. The predicted octanol–water partition coefficient (Wildman–Crippen LogP) is 1.69. The molecular formula is C13H17ClN2O4. The lowest BCUT2D eigenvalue weighted by Crippen LogP contribution is -2.40. The molecule has 6 nitrogen and oxygen atoms in total. The van der Waals surface area contributed by atoms with Gasteiger partial charge in [-0.3, -0.25) is 14.5 Å². The highest BCUT2D eigenvalue weighted by Crippen LogP contribution is 2.27. The molecule has 1 aromatic rings. The van der Waals surface area contributed by atoms with Crippen LogP contribution in [0.4, 0.5) is 5.69 Å². The summed E-state index contributed by atoms with van der Waals surface area (Å²) in [7, 11) is 3.05. The van der Waals surface area contributed by atoms with Crippen LogP contribution in [0.1, 0.15) is 6.92 Å². The molecule has 0 spiro atoms. The van der Waals surface area contributed by atoms with E-state index in [1.165, 1.54) is 18.9 Å². The largest absolute Gasteiger partial charge is 0.495 e. The average Bonchev–Trinajstić information content (AvgIpc) is 2.37. The Balaban J connectivity index is 2.71. The van der Waals surface area contributed by atoms with Gasteiger partial charge in [-0.2, -0.15) is 0 Å². The topological polar surface area (TPSA) is 78.9 Å². The van der Waals surface area contributed by atoms with Gasteiger partial charge >= 0.3 is 5.97 Å². The number of likely N-dealkylation sites (N-methyl/N-ethyl adjacent to an activating group) is 1. The van der Waals surface area contributed by atoms with E-state index < -0.39 is 12.0 Å². The summed E-state index contributed by atoms with van der Waals surface area (Å²) in [6, 6.07) is 4.11. The number of carboxylic acids is 1. The number of rotatable bonds is 6. The number of methoxy groups -OCH3 is 1. The highest BCUT2D eigenvalue weighted by Gasteiger charge is 2.19. The van der Waals surface area contributed by atoms with Gasteiger partial charge in [-0.1, -0.05) is 11.6 Å². The van der Waals surface area contributed by atoms with Crippen LogP contribution < -0.4 is 10.1 Å². The van der Waals surface area contributed by atoms with E-state index >= 15 is 0 Å². The molecule has 1 amide bonds. The van der Waals surface area contributed by atoms with Gasteiger partial charge in [-0.15, -0.1) is 0 Å². The fourth-order valence-electron chi connectivity index (χ4n) is 1.52. The van der Waals surface area contributed by atoms with E-state index in [1.54, 1.807) is 25.2 Å². The van der Waals surface area contributed by atoms with Gasteiger partial charge in [0.25, 0.3) is 0 Å². The van der Waals surface area contributed by atoms with Crippen LogP contribution in [0.2, 0.25) is 5.02 Å². The molecule has 1 aromatic carbocycles. The Bertz CT molecular complexity index is 507. The van der Waals surface area contributed by atoms with Crippen molar-refractivity contribution in [3.8, 4) is 5.75 Å². The van der Waals surface area contributed by atoms with Crippen LogP contribution in [0.25, 0.3) is 0 Å². The van der Waals surface area contributed by atoms with Crippen LogP contribution in [-0.4, -0.2) is 48.6 Å². The number of nitrogens with one attached hydrogen (secondary N) is 1. The summed E-state index contributed by atoms with van der Waals surface area (Å²) >= 11 is 5.86. The number of carboxylic acid groups (broad SMARTS) is 1. The number of carbonyl (C=O) groups is 2. The molecule has 1 atom stereocenters. The lowest BCUT2D eigenvalue weighted by Gasteiger charge is -2.20. The third kappa shape index (κ3) is 4.40. The van der Waals surface area contributed by atoms with Crippen molar-refractivity contribution in [1.29, 1.82) is 0 Å². The number of halogens is 1. The molecule has 0 aromatic heterocycles. The lowest BCUT2D eigenvalue weighted by atomic mass is 10.2. The van der Waals surface area contributed by atoms with Crippen LogP contribution in [0.15, 0.2) is 18.2 Å². The molecule has 0 saturated carbocycles. The van der Waals surface area contributed by atoms with Crippen molar-refractivity contribution >= 4 is 29.2 Å². The minimum absolute atomic E-state index is 0.0524. The van der Waals surface area contributed by atoms with Gasteiger partial charge in [0.15, 0.2) is 0 Å².